The fourth-order valence-corrected chi connectivity index (χ4v) is 5.20. The predicted octanol–water partition coefficient (Wildman–Crippen LogP) is 4.09. The number of hydrogen-bond donors (Lipinski definition) is 0. The molecule has 0 N–H and O–H groups in total. The van der Waals surface area contributed by atoms with Gasteiger partial charge >= 0.3 is 0 Å². The Hall–Kier alpha value is -2.12. The average molecular weight is 384 g/mol. The summed E-state index contributed by atoms with van der Waals surface area (Å²) in [6, 6.07) is 4.38. The zero-order valence-electron chi connectivity index (χ0n) is 15.9. The molecule has 0 radical (unpaired) electrons. The van der Waals surface area contributed by atoms with Crippen molar-refractivity contribution in [2.24, 2.45) is 7.05 Å². The van der Waals surface area contributed by atoms with E-state index in [9.17, 15) is 0 Å². The highest BCUT2D eigenvalue weighted by Gasteiger charge is 2.26. The van der Waals surface area contributed by atoms with E-state index in [1.54, 1.807) is 11.3 Å². The van der Waals surface area contributed by atoms with Gasteiger partial charge < -0.3 is 9.64 Å². The van der Waals surface area contributed by atoms with Crippen LogP contribution in [0.1, 0.15) is 42.4 Å². The Bertz CT molecular complexity index is 944. The maximum absolute atomic E-state index is 5.86. The summed E-state index contributed by atoms with van der Waals surface area (Å²) in [5.74, 6) is 2.06. The smallest absolute Gasteiger partial charge is 0.175 e. The molecule has 0 saturated carbocycles. The SMILES string of the molecule is Cc1c(-n2ccnc2-c2ccc(C3CCCO3)s2)c(N2CCCC2)nn1C. The molecular weight excluding hydrogens is 358 g/mol. The van der Waals surface area contributed by atoms with E-state index < -0.39 is 0 Å². The van der Waals surface area contributed by atoms with E-state index in [2.05, 4.69) is 34.7 Å². The number of ether oxygens (including phenoxy) is 1. The molecule has 2 aliphatic rings. The Morgan fingerprint density at radius 3 is 2.81 bits per heavy atom. The summed E-state index contributed by atoms with van der Waals surface area (Å²) in [5.41, 5.74) is 2.31. The van der Waals surface area contributed by atoms with Crippen LogP contribution in [0.4, 0.5) is 5.82 Å². The Labute approximate surface area is 163 Å². The molecule has 1 unspecified atom stereocenters. The highest BCUT2D eigenvalue weighted by molar-refractivity contribution is 7.15. The molecule has 6 nitrogen and oxygen atoms in total. The lowest BCUT2D eigenvalue weighted by atomic mass is 10.2. The van der Waals surface area contributed by atoms with Crippen LogP contribution >= 0.6 is 11.3 Å². The van der Waals surface area contributed by atoms with E-state index in [0.29, 0.717) is 0 Å². The van der Waals surface area contributed by atoms with Gasteiger partial charge in [-0.25, -0.2) is 4.98 Å². The van der Waals surface area contributed by atoms with Gasteiger partial charge in [0.15, 0.2) is 11.6 Å². The second kappa shape index (κ2) is 6.80. The molecule has 2 fully saturated rings. The second-order valence-corrected chi connectivity index (χ2v) is 8.52. The molecule has 0 aromatic carbocycles. The van der Waals surface area contributed by atoms with Gasteiger partial charge in [0.2, 0.25) is 0 Å². The molecule has 0 spiro atoms. The van der Waals surface area contributed by atoms with Crippen molar-refractivity contribution in [1.82, 2.24) is 19.3 Å². The van der Waals surface area contributed by atoms with Crippen molar-refractivity contribution in [3.63, 3.8) is 0 Å². The van der Waals surface area contributed by atoms with Crippen LogP contribution in [0.3, 0.4) is 0 Å². The number of rotatable bonds is 4. The minimum atomic E-state index is 0.257. The summed E-state index contributed by atoms with van der Waals surface area (Å²) in [7, 11) is 2.02. The van der Waals surface area contributed by atoms with Gasteiger partial charge in [0.05, 0.1) is 16.7 Å². The minimum absolute atomic E-state index is 0.257. The normalized spacial score (nSPS) is 20.1. The number of aryl methyl sites for hydroxylation is 1. The van der Waals surface area contributed by atoms with E-state index in [0.717, 1.165) is 55.6 Å². The third kappa shape index (κ3) is 2.89. The van der Waals surface area contributed by atoms with Crippen molar-refractivity contribution in [1.29, 1.82) is 0 Å². The molecule has 5 rings (SSSR count). The minimum Gasteiger partial charge on any atom is -0.373 e. The Balaban J connectivity index is 1.56. The summed E-state index contributed by atoms with van der Waals surface area (Å²) in [5, 5.41) is 4.83. The molecule has 142 valence electrons. The van der Waals surface area contributed by atoms with E-state index >= 15 is 0 Å². The van der Waals surface area contributed by atoms with Crippen LogP contribution in [0.2, 0.25) is 0 Å². The predicted molar refractivity (Wildman–Crippen MR) is 108 cm³/mol. The van der Waals surface area contributed by atoms with Crippen LogP contribution in [0.25, 0.3) is 16.4 Å². The van der Waals surface area contributed by atoms with Crippen LogP contribution < -0.4 is 4.90 Å². The summed E-state index contributed by atoms with van der Waals surface area (Å²) < 4.78 is 10.1. The lowest BCUT2D eigenvalue weighted by molar-refractivity contribution is 0.114. The molecule has 7 heteroatoms. The monoisotopic (exact) mass is 383 g/mol. The first-order valence-electron chi connectivity index (χ1n) is 9.76. The van der Waals surface area contributed by atoms with Gasteiger partial charge in [-0.3, -0.25) is 9.25 Å². The maximum Gasteiger partial charge on any atom is 0.175 e. The summed E-state index contributed by atoms with van der Waals surface area (Å²) in [4.78, 5) is 9.59. The van der Waals surface area contributed by atoms with Crippen molar-refractivity contribution in [2.75, 3.05) is 24.6 Å². The fraction of sp³-hybridized carbons (Fsp3) is 0.500. The third-order valence-electron chi connectivity index (χ3n) is 5.67. The highest BCUT2D eigenvalue weighted by Crippen LogP contribution is 2.38. The summed E-state index contributed by atoms with van der Waals surface area (Å²) >= 11 is 1.80. The van der Waals surface area contributed by atoms with Crippen molar-refractivity contribution in [3.8, 4) is 16.4 Å². The highest BCUT2D eigenvalue weighted by atomic mass is 32.1. The van der Waals surface area contributed by atoms with Gasteiger partial charge in [0.1, 0.15) is 5.69 Å². The number of anilines is 1. The molecule has 3 aromatic rings. The number of aromatic nitrogens is 4. The topological polar surface area (TPSA) is 48.1 Å². The van der Waals surface area contributed by atoms with Gasteiger partial charge in [0, 0.05) is 44.0 Å². The van der Waals surface area contributed by atoms with Gasteiger partial charge in [-0.1, -0.05) is 0 Å². The number of hydrogen-bond acceptors (Lipinski definition) is 5. The Morgan fingerprint density at radius 1 is 1.19 bits per heavy atom. The average Bonchev–Trinajstić information content (AvgIpc) is 3.47. The molecule has 0 bridgehead atoms. The van der Waals surface area contributed by atoms with Crippen LogP contribution in [0.5, 0.6) is 0 Å². The van der Waals surface area contributed by atoms with E-state index in [4.69, 9.17) is 14.8 Å². The van der Waals surface area contributed by atoms with Gasteiger partial charge in [-0.05, 0) is 44.7 Å². The van der Waals surface area contributed by atoms with Gasteiger partial charge in [0.25, 0.3) is 0 Å². The van der Waals surface area contributed by atoms with E-state index in [1.807, 2.05) is 17.9 Å². The van der Waals surface area contributed by atoms with Crippen molar-refractivity contribution in [3.05, 3.63) is 35.1 Å². The first-order chi connectivity index (χ1) is 13.2. The third-order valence-corrected chi connectivity index (χ3v) is 6.84. The molecule has 27 heavy (non-hydrogen) atoms. The first-order valence-corrected chi connectivity index (χ1v) is 10.6. The molecule has 3 aromatic heterocycles. The Morgan fingerprint density at radius 2 is 2.04 bits per heavy atom. The second-order valence-electron chi connectivity index (χ2n) is 7.40. The summed E-state index contributed by atoms with van der Waals surface area (Å²) in [6.07, 6.45) is 8.96. The standard InChI is InChI=1S/C20H25N5OS/c1-14-18(20(22-23(14)2)24-10-3-4-11-24)25-12-9-21-19(25)17-8-7-16(27-17)15-6-5-13-26-15/h7-9,12,15H,3-6,10-11,13H2,1-2H3. The molecular formula is C20H25N5OS. The zero-order valence-corrected chi connectivity index (χ0v) is 16.7. The molecule has 1 atom stereocenters. The van der Waals surface area contributed by atoms with Crippen LogP contribution in [-0.2, 0) is 11.8 Å². The number of thiophene rings is 1. The molecule has 2 aliphatic heterocycles. The fourth-order valence-electron chi connectivity index (χ4n) is 4.12. The van der Waals surface area contributed by atoms with E-state index in [1.165, 1.54) is 22.6 Å². The van der Waals surface area contributed by atoms with Gasteiger partial charge in [-0.2, -0.15) is 5.10 Å². The van der Waals surface area contributed by atoms with Crippen molar-refractivity contribution >= 4 is 17.2 Å². The zero-order chi connectivity index (χ0) is 18.4. The number of nitrogens with zero attached hydrogens (tertiary/aromatic N) is 5. The van der Waals surface area contributed by atoms with E-state index in [-0.39, 0.29) is 6.10 Å². The first kappa shape index (κ1) is 17.0. The van der Waals surface area contributed by atoms with Crippen LogP contribution in [-0.4, -0.2) is 39.0 Å². The van der Waals surface area contributed by atoms with Gasteiger partial charge in [-0.15, -0.1) is 11.3 Å². The lowest BCUT2D eigenvalue weighted by Crippen LogP contribution is -2.20. The lowest BCUT2D eigenvalue weighted by Gasteiger charge is -2.17. The molecule has 2 saturated heterocycles. The van der Waals surface area contributed by atoms with Crippen molar-refractivity contribution in [2.45, 2.75) is 38.7 Å². The Kier molecular flexibility index (Phi) is 4.28. The van der Waals surface area contributed by atoms with Crippen LogP contribution in [0.15, 0.2) is 24.5 Å². The molecule has 0 aliphatic carbocycles. The van der Waals surface area contributed by atoms with Crippen molar-refractivity contribution < 1.29 is 4.74 Å². The largest absolute Gasteiger partial charge is 0.373 e. The van der Waals surface area contributed by atoms with Crippen LogP contribution in [0, 0.1) is 6.92 Å². The summed E-state index contributed by atoms with van der Waals surface area (Å²) in [6.45, 7) is 5.17. The number of imidazole rings is 1. The molecule has 5 heterocycles. The quantitative estimate of drug-likeness (QED) is 0.681. The molecule has 0 amide bonds. The maximum atomic E-state index is 5.86.